The van der Waals surface area contributed by atoms with Crippen LogP contribution in [0.2, 0.25) is 0 Å². The summed E-state index contributed by atoms with van der Waals surface area (Å²) in [4.78, 5) is 38.4. The number of unbranched alkanes of at least 4 members (excludes halogenated alkanes) is 59. The van der Waals surface area contributed by atoms with Gasteiger partial charge in [0.1, 0.15) is 13.2 Å². The molecule has 0 amide bonds. The first-order valence-corrected chi connectivity index (χ1v) is 38.2. The Balaban J connectivity index is 4.03. The normalized spacial score (nSPS) is 12.0. The molecule has 0 saturated carbocycles. The molecular weight excluding hydrogens is 1020 g/mol. The molecule has 492 valence electrons. The zero-order valence-corrected chi connectivity index (χ0v) is 56.8. The third-order valence-electron chi connectivity index (χ3n) is 17.8. The highest BCUT2D eigenvalue weighted by Gasteiger charge is 2.20. The van der Waals surface area contributed by atoms with Crippen molar-refractivity contribution in [3.8, 4) is 0 Å². The molecule has 0 aromatic heterocycles. The van der Waals surface area contributed by atoms with Crippen LogP contribution >= 0.6 is 0 Å². The zero-order valence-electron chi connectivity index (χ0n) is 56.8. The zero-order chi connectivity index (χ0) is 59.9. The first-order valence-electron chi connectivity index (χ1n) is 38.2. The van der Waals surface area contributed by atoms with E-state index in [4.69, 9.17) is 14.2 Å². The molecule has 0 bridgehead atoms. The molecule has 1 atom stereocenters. The van der Waals surface area contributed by atoms with Gasteiger partial charge in [-0.25, -0.2) is 0 Å². The Kier molecular flexibility index (Phi) is 71.0. The fourth-order valence-corrected chi connectivity index (χ4v) is 12.0. The van der Waals surface area contributed by atoms with Crippen LogP contribution in [0.4, 0.5) is 0 Å². The van der Waals surface area contributed by atoms with Gasteiger partial charge < -0.3 is 14.2 Å². The first-order chi connectivity index (χ1) is 41.0. The minimum absolute atomic E-state index is 0.0614. The van der Waals surface area contributed by atoms with Crippen molar-refractivity contribution in [2.75, 3.05) is 13.2 Å². The van der Waals surface area contributed by atoms with Gasteiger partial charge in [0.15, 0.2) is 6.10 Å². The molecule has 0 rings (SSSR count). The maximum atomic E-state index is 12.9. The molecule has 0 spiro atoms. The highest BCUT2D eigenvalue weighted by atomic mass is 16.6. The number of hydrogen-bond acceptors (Lipinski definition) is 6. The fraction of sp³-hybridized carbons (Fsp3) is 0.935. The van der Waals surface area contributed by atoms with Crippen LogP contribution in [0.25, 0.3) is 0 Å². The van der Waals surface area contributed by atoms with Gasteiger partial charge in [-0.15, -0.1) is 0 Å². The van der Waals surface area contributed by atoms with Crippen molar-refractivity contribution in [2.45, 2.75) is 451 Å². The summed E-state index contributed by atoms with van der Waals surface area (Å²) < 4.78 is 17.0. The summed E-state index contributed by atoms with van der Waals surface area (Å²) in [6.45, 7) is 6.73. The lowest BCUT2D eigenvalue weighted by molar-refractivity contribution is -0.167. The quantitative estimate of drug-likeness (QED) is 0.0261. The molecule has 0 fully saturated rings. The summed E-state index contributed by atoms with van der Waals surface area (Å²) in [6, 6.07) is 0. The summed E-state index contributed by atoms with van der Waals surface area (Å²) in [6.07, 6.45) is 88.5. The van der Waals surface area contributed by atoms with Gasteiger partial charge in [-0.3, -0.25) is 14.4 Å². The van der Waals surface area contributed by atoms with Crippen LogP contribution in [0, 0.1) is 0 Å². The monoisotopic (exact) mass is 1170 g/mol. The lowest BCUT2D eigenvalue weighted by Crippen LogP contribution is -2.30. The van der Waals surface area contributed by atoms with Crippen molar-refractivity contribution in [1.29, 1.82) is 0 Å². The van der Waals surface area contributed by atoms with E-state index in [9.17, 15) is 14.4 Å². The van der Waals surface area contributed by atoms with Crippen molar-refractivity contribution >= 4 is 17.9 Å². The number of ether oxygens (including phenoxy) is 3. The maximum absolute atomic E-state index is 12.9. The smallest absolute Gasteiger partial charge is 0.306 e. The van der Waals surface area contributed by atoms with Crippen LogP contribution in [0.3, 0.4) is 0 Å². The lowest BCUT2D eigenvalue weighted by atomic mass is 10.0. The molecule has 1 unspecified atom stereocenters. The average Bonchev–Trinajstić information content (AvgIpc) is 3.49. The number of carbonyl (C=O) groups is 3. The molecule has 0 aromatic carbocycles. The minimum Gasteiger partial charge on any atom is -0.462 e. The Morgan fingerprint density at radius 3 is 0.602 bits per heavy atom. The number of hydrogen-bond donors (Lipinski definition) is 0. The van der Waals surface area contributed by atoms with Gasteiger partial charge in [-0.1, -0.05) is 392 Å². The third-order valence-corrected chi connectivity index (χ3v) is 17.8. The summed E-state index contributed by atoms with van der Waals surface area (Å²) in [7, 11) is 0. The van der Waals surface area contributed by atoms with E-state index in [1.165, 1.54) is 347 Å². The molecule has 0 heterocycles. The van der Waals surface area contributed by atoms with Gasteiger partial charge in [0.25, 0.3) is 0 Å². The number of carbonyl (C=O) groups excluding carboxylic acids is 3. The molecule has 83 heavy (non-hydrogen) atoms. The second kappa shape index (κ2) is 72.6. The predicted octanol–water partition coefficient (Wildman–Crippen LogP) is 26.3. The highest BCUT2D eigenvalue weighted by molar-refractivity contribution is 5.71. The Labute approximate surface area is 520 Å². The van der Waals surface area contributed by atoms with E-state index in [0.29, 0.717) is 19.3 Å². The third kappa shape index (κ3) is 70.8. The summed E-state index contributed by atoms with van der Waals surface area (Å²) >= 11 is 0. The van der Waals surface area contributed by atoms with Crippen LogP contribution in [-0.4, -0.2) is 37.2 Å². The van der Waals surface area contributed by atoms with Crippen LogP contribution in [0.5, 0.6) is 0 Å². The van der Waals surface area contributed by atoms with E-state index in [0.717, 1.165) is 57.8 Å². The summed E-state index contributed by atoms with van der Waals surface area (Å²) in [5.74, 6) is -0.823. The molecule has 0 aliphatic rings. The Morgan fingerprint density at radius 2 is 0.398 bits per heavy atom. The van der Waals surface area contributed by atoms with Gasteiger partial charge in [-0.05, 0) is 44.9 Å². The van der Waals surface area contributed by atoms with E-state index in [1.807, 2.05) is 0 Å². The van der Waals surface area contributed by atoms with Crippen LogP contribution in [0.1, 0.15) is 445 Å². The van der Waals surface area contributed by atoms with E-state index in [-0.39, 0.29) is 31.1 Å². The van der Waals surface area contributed by atoms with E-state index < -0.39 is 6.10 Å². The summed E-state index contributed by atoms with van der Waals surface area (Å²) in [5, 5.41) is 0. The molecule has 0 radical (unpaired) electrons. The fourth-order valence-electron chi connectivity index (χ4n) is 12.0. The predicted molar refractivity (Wildman–Crippen MR) is 363 cm³/mol. The summed E-state index contributed by atoms with van der Waals surface area (Å²) in [5.41, 5.74) is 0. The second-order valence-corrected chi connectivity index (χ2v) is 26.3. The van der Waals surface area contributed by atoms with Gasteiger partial charge >= 0.3 is 17.9 Å². The molecule has 0 N–H and O–H groups in total. The minimum atomic E-state index is -0.764. The highest BCUT2D eigenvalue weighted by Crippen LogP contribution is 2.20. The van der Waals surface area contributed by atoms with Gasteiger partial charge in [0, 0.05) is 19.3 Å². The van der Waals surface area contributed by atoms with Crippen LogP contribution < -0.4 is 0 Å². The maximum Gasteiger partial charge on any atom is 0.306 e. The van der Waals surface area contributed by atoms with Crippen molar-refractivity contribution in [1.82, 2.24) is 0 Å². The molecule has 0 saturated heterocycles. The molecule has 0 aliphatic carbocycles. The SMILES string of the molecule is CCCCCCCCCC/C=C\CCCCCCCCCCCCCCCCCCCCCCCCCC(=O)OCC(COC(=O)CCCCCCCCCCCCCC)OC(=O)CCCCCCCCCCCCCCCCCCCC. The molecule has 0 aliphatic heterocycles. The van der Waals surface area contributed by atoms with Gasteiger partial charge in [-0.2, -0.15) is 0 Å². The Morgan fingerprint density at radius 1 is 0.229 bits per heavy atom. The molecule has 6 nitrogen and oxygen atoms in total. The molecule has 6 heteroatoms. The number of allylic oxidation sites excluding steroid dienone is 2. The van der Waals surface area contributed by atoms with E-state index in [1.54, 1.807) is 0 Å². The molecular formula is C77H148O6. The Bertz CT molecular complexity index is 1300. The van der Waals surface area contributed by atoms with Crippen LogP contribution in [-0.2, 0) is 28.6 Å². The lowest BCUT2D eigenvalue weighted by Gasteiger charge is -2.18. The van der Waals surface area contributed by atoms with E-state index >= 15 is 0 Å². The molecule has 0 aromatic rings. The first kappa shape index (κ1) is 81.2. The second-order valence-electron chi connectivity index (χ2n) is 26.3. The van der Waals surface area contributed by atoms with Crippen LogP contribution in [0.15, 0.2) is 12.2 Å². The number of esters is 3. The topological polar surface area (TPSA) is 78.9 Å². The van der Waals surface area contributed by atoms with Gasteiger partial charge in [0.2, 0.25) is 0 Å². The van der Waals surface area contributed by atoms with Gasteiger partial charge in [0.05, 0.1) is 0 Å². The largest absolute Gasteiger partial charge is 0.462 e. The average molecular weight is 1170 g/mol. The standard InChI is InChI=1S/C77H148O6/c1-4-7-10-13-16-19-22-25-27-29-31-32-33-34-35-36-37-38-39-40-41-42-43-44-45-46-47-49-50-52-55-58-61-64-67-70-76(79)82-73-74(72-81-75(78)69-66-63-60-57-54-24-21-18-15-12-9-6-3)83-77(80)71-68-65-62-59-56-53-51-48-30-28-26-23-20-17-14-11-8-5-2/h29,31,74H,4-28,30,32-73H2,1-3H3/b31-29-. The van der Waals surface area contributed by atoms with Crippen molar-refractivity contribution < 1.29 is 28.6 Å². The van der Waals surface area contributed by atoms with Crippen molar-refractivity contribution in [2.24, 2.45) is 0 Å². The van der Waals surface area contributed by atoms with Crippen molar-refractivity contribution in [3.05, 3.63) is 12.2 Å². The number of rotatable bonds is 72. The van der Waals surface area contributed by atoms with E-state index in [2.05, 4.69) is 32.9 Å². The Hall–Kier alpha value is -1.85. The van der Waals surface area contributed by atoms with Crippen molar-refractivity contribution in [3.63, 3.8) is 0 Å².